The molecule has 3 aromatic carbocycles. The van der Waals surface area contributed by atoms with E-state index < -0.39 is 33.9 Å². The molecule has 0 spiro atoms. The lowest BCUT2D eigenvalue weighted by atomic mass is 10.1. The van der Waals surface area contributed by atoms with Crippen LogP contribution in [-0.2, 0) is 24.4 Å². The Hall–Kier alpha value is -3.47. The third-order valence-electron chi connectivity index (χ3n) is 6.57. The maximum Gasteiger partial charge on any atom is 0.257 e. The Kier molecular flexibility index (Phi) is 6.19. The fourth-order valence-corrected chi connectivity index (χ4v) is 6.31. The van der Waals surface area contributed by atoms with Crippen molar-refractivity contribution in [3.63, 3.8) is 0 Å². The third-order valence-corrected chi connectivity index (χ3v) is 8.91. The Morgan fingerprint density at radius 3 is 2.53 bits per heavy atom. The SMILES string of the molecule is C[C@@H](C(=O)N1CC(=O)Nc2ccccc21)N1CC[C@H](N(Cl)S(=O)(=O)c2ccc3ccccc3c2)C1=O. The number of carbonyl (C=O) groups is 3. The third kappa shape index (κ3) is 4.11. The number of halogens is 1. The number of fused-ring (bicyclic) bond motifs is 2. The van der Waals surface area contributed by atoms with Gasteiger partial charge in [0, 0.05) is 6.54 Å². The molecule has 186 valence electrons. The molecule has 5 rings (SSSR count). The van der Waals surface area contributed by atoms with E-state index in [2.05, 4.69) is 5.32 Å². The minimum Gasteiger partial charge on any atom is -0.329 e. The molecule has 2 heterocycles. The second-order valence-electron chi connectivity index (χ2n) is 8.76. The number of nitrogens with zero attached hydrogens (tertiary/aromatic N) is 3. The second kappa shape index (κ2) is 9.20. The molecule has 2 atom stereocenters. The average molecular weight is 527 g/mol. The topological polar surface area (TPSA) is 107 Å². The Morgan fingerprint density at radius 1 is 1.06 bits per heavy atom. The van der Waals surface area contributed by atoms with E-state index in [0.717, 1.165) is 10.8 Å². The van der Waals surface area contributed by atoms with Gasteiger partial charge in [-0.2, -0.15) is 0 Å². The van der Waals surface area contributed by atoms with E-state index in [4.69, 9.17) is 11.8 Å². The molecular formula is C25H23ClN4O5S. The normalized spacial score (nSPS) is 18.9. The predicted molar refractivity (Wildman–Crippen MR) is 136 cm³/mol. The molecule has 0 bridgehead atoms. The number of sulfonamides is 1. The van der Waals surface area contributed by atoms with Crippen LogP contribution >= 0.6 is 11.8 Å². The second-order valence-corrected chi connectivity index (χ2v) is 11.1. The maximum atomic E-state index is 13.3. The summed E-state index contributed by atoms with van der Waals surface area (Å²) >= 11 is 6.29. The van der Waals surface area contributed by atoms with Gasteiger partial charge in [-0.15, -0.1) is 0 Å². The summed E-state index contributed by atoms with van der Waals surface area (Å²) in [6, 6.07) is 16.8. The zero-order valence-corrected chi connectivity index (χ0v) is 20.9. The van der Waals surface area contributed by atoms with Crippen LogP contribution < -0.4 is 10.2 Å². The van der Waals surface area contributed by atoms with Crippen LogP contribution in [0.25, 0.3) is 10.8 Å². The number of anilines is 2. The lowest BCUT2D eigenvalue weighted by Crippen LogP contribution is -2.52. The smallest absolute Gasteiger partial charge is 0.257 e. The molecule has 0 unspecified atom stereocenters. The molecule has 1 saturated heterocycles. The summed E-state index contributed by atoms with van der Waals surface area (Å²) in [6.45, 7) is 1.53. The molecule has 2 aliphatic rings. The molecule has 3 amide bonds. The Balaban J connectivity index is 1.35. The van der Waals surface area contributed by atoms with Crippen molar-refractivity contribution in [1.82, 2.24) is 8.72 Å². The number of likely N-dealkylation sites (tertiary alicyclic amines) is 1. The number of nitrogens with one attached hydrogen (secondary N) is 1. The van der Waals surface area contributed by atoms with Gasteiger partial charge in [-0.1, -0.05) is 46.3 Å². The molecule has 2 aliphatic heterocycles. The fraction of sp³-hybridized carbons (Fsp3) is 0.240. The predicted octanol–water partition coefficient (Wildman–Crippen LogP) is 2.96. The van der Waals surface area contributed by atoms with Crippen molar-refractivity contribution in [2.24, 2.45) is 0 Å². The minimum absolute atomic E-state index is 0.0255. The first kappa shape index (κ1) is 24.2. The number of carbonyl (C=O) groups excluding carboxylic acids is 3. The number of hydrogen-bond donors (Lipinski definition) is 1. The maximum absolute atomic E-state index is 13.3. The monoisotopic (exact) mass is 526 g/mol. The summed E-state index contributed by atoms with van der Waals surface area (Å²) in [7, 11) is -4.18. The van der Waals surface area contributed by atoms with E-state index in [1.54, 1.807) is 49.4 Å². The van der Waals surface area contributed by atoms with Gasteiger partial charge in [0.15, 0.2) is 0 Å². The van der Waals surface area contributed by atoms with Gasteiger partial charge >= 0.3 is 0 Å². The van der Waals surface area contributed by atoms with Gasteiger partial charge in [0.25, 0.3) is 10.0 Å². The van der Waals surface area contributed by atoms with Crippen LogP contribution in [0.1, 0.15) is 13.3 Å². The van der Waals surface area contributed by atoms with E-state index in [0.29, 0.717) is 15.2 Å². The molecule has 36 heavy (non-hydrogen) atoms. The highest BCUT2D eigenvalue weighted by Crippen LogP contribution is 2.32. The van der Waals surface area contributed by atoms with Crippen molar-refractivity contribution in [2.75, 3.05) is 23.3 Å². The van der Waals surface area contributed by atoms with Gasteiger partial charge in [0.05, 0.1) is 16.3 Å². The fourth-order valence-electron chi connectivity index (χ4n) is 4.64. The number of para-hydroxylation sites is 2. The molecule has 0 aromatic heterocycles. The minimum atomic E-state index is -4.18. The first-order valence-electron chi connectivity index (χ1n) is 11.4. The van der Waals surface area contributed by atoms with Crippen molar-refractivity contribution in [3.8, 4) is 0 Å². The highest BCUT2D eigenvalue weighted by molar-refractivity contribution is 7.90. The van der Waals surface area contributed by atoms with E-state index in [9.17, 15) is 22.8 Å². The first-order valence-corrected chi connectivity index (χ1v) is 13.2. The van der Waals surface area contributed by atoms with Crippen LogP contribution in [0.4, 0.5) is 11.4 Å². The summed E-state index contributed by atoms with van der Waals surface area (Å²) in [5.41, 5.74) is 1.04. The number of hydrogen-bond acceptors (Lipinski definition) is 5. The molecule has 0 radical (unpaired) electrons. The van der Waals surface area contributed by atoms with Crippen LogP contribution in [0, 0.1) is 0 Å². The molecule has 0 saturated carbocycles. The van der Waals surface area contributed by atoms with Crippen LogP contribution in [0.5, 0.6) is 0 Å². The summed E-state index contributed by atoms with van der Waals surface area (Å²) in [4.78, 5) is 41.4. The van der Waals surface area contributed by atoms with Gasteiger partial charge in [-0.05, 0) is 60.2 Å². The number of rotatable bonds is 5. The van der Waals surface area contributed by atoms with Crippen LogP contribution in [0.3, 0.4) is 0 Å². The lowest BCUT2D eigenvalue weighted by Gasteiger charge is -2.34. The zero-order chi connectivity index (χ0) is 25.6. The Labute approximate surface area is 213 Å². The van der Waals surface area contributed by atoms with Crippen molar-refractivity contribution >= 4 is 61.7 Å². The lowest BCUT2D eigenvalue weighted by molar-refractivity contribution is -0.137. The molecule has 1 fully saturated rings. The van der Waals surface area contributed by atoms with Crippen molar-refractivity contribution in [2.45, 2.75) is 30.3 Å². The van der Waals surface area contributed by atoms with E-state index in [1.807, 2.05) is 12.1 Å². The van der Waals surface area contributed by atoms with Crippen molar-refractivity contribution in [1.29, 1.82) is 0 Å². The van der Waals surface area contributed by atoms with Gasteiger partial charge in [0.1, 0.15) is 18.6 Å². The average Bonchev–Trinajstić information content (AvgIpc) is 3.27. The van der Waals surface area contributed by atoms with E-state index >= 15 is 0 Å². The first-order chi connectivity index (χ1) is 17.2. The van der Waals surface area contributed by atoms with Crippen LogP contribution in [-0.4, -0.2) is 60.0 Å². The Bertz CT molecular complexity index is 1490. The van der Waals surface area contributed by atoms with Crippen molar-refractivity contribution in [3.05, 3.63) is 66.7 Å². The van der Waals surface area contributed by atoms with Crippen LogP contribution in [0.15, 0.2) is 71.6 Å². The molecule has 1 N–H and O–H groups in total. The molecule has 11 heteroatoms. The molecule has 9 nitrogen and oxygen atoms in total. The summed E-state index contributed by atoms with van der Waals surface area (Å²) < 4.78 is 27.1. The molecule has 0 aliphatic carbocycles. The van der Waals surface area contributed by atoms with Gasteiger partial charge in [-0.3, -0.25) is 19.3 Å². The van der Waals surface area contributed by atoms with Gasteiger partial charge in [-0.25, -0.2) is 8.42 Å². The summed E-state index contributed by atoms with van der Waals surface area (Å²) in [5, 5.41) is 4.33. The number of benzene rings is 3. The quantitative estimate of drug-likeness (QED) is 0.514. The Morgan fingerprint density at radius 2 is 1.75 bits per heavy atom. The standard InChI is InChI=1S/C25H23ClN4O5S/c1-16(24(32)29-15-23(31)27-20-8-4-5-9-21(20)29)28-13-12-22(25(28)33)30(26)36(34,35)19-11-10-17-6-2-3-7-18(17)14-19/h2-11,14,16,22H,12-13,15H2,1H3,(H,27,31)/t16-,22-/m0/s1. The van der Waals surface area contributed by atoms with E-state index in [-0.39, 0.29) is 30.3 Å². The van der Waals surface area contributed by atoms with Gasteiger partial charge < -0.3 is 10.2 Å². The summed E-state index contributed by atoms with van der Waals surface area (Å²) in [6.07, 6.45) is 0.129. The van der Waals surface area contributed by atoms with E-state index in [1.165, 1.54) is 21.9 Å². The number of amides is 3. The van der Waals surface area contributed by atoms with Gasteiger partial charge in [0.2, 0.25) is 17.7 Å². The molecule has 3 aromatic rings. The zero-order valence-electron chi connectivity index (χ0n) is 19.3. The highest BCUT2D eigenvalue weighted by Gasteiger charge is 2.45. The largest absolute Gasteiger partial charge is 0.329 e. The summed E-state index contributed by atoms with van der Waals surface area (Å²) in [5.74, 6) is -1.34. The highest BCUT2D eigenvalue weighted by atomic mass is 35.5. The van der Waals surface area contributed by atoms with Crippen LogP contribution in [0.2, 0.25) is 0 Å². The van der Waals surface area contributed by atoms with Crippen molar-refractivity contribution < 1.29 is 22.8 Å². The molecular weight excluding hydrogens is 504 g/mol.